The van der Waals surface area contributed by atoms with Crippen molar-refractivity contribution in [1.82, 2.24) is 10.6 Å². The number of alkyl halides is 3. The number of ether oxygens (including phenoxy) is 1. The van der Waals surface area contributed by atoms with Gasteiger partial charge in [-0.1, -0.05) is 31.3 Å². The zero-order chi connectivity index (χ0) is 18.5. The third-order valence-corrected chi connectivity index (χ3v) is 3.15. The van der Waals surface area contributed by atoms with Crippen molar-refractivity contribution >= 4 is 6.03 Å². The van der Waals surface area contributed by atoms with Crippen LogP contribution in [-0.2, 0) is 10.9 Å². The first kappa shape index (κ1) is 20.8. The predicted molar refractivity (Wildman–Crippen MR) is 90.1 cm³/mol. The van der Waals surface area contributed by atoms with Gasteiger partial charge >= 0.3 is 12.2 Å². The molecule has 138 valence electrons. The van der Waals surface area contributed by atoms with Crippen LogP contribution in [0.4, 0.5) is 18.0 Å². The van der Waals surface area contributed by atoms with Gasteiger partial charge in [0.1, 0.15) is 0 Å². The molecule has 2 amide bonds. The second-order valence-electron chi connectivity index (χ2n) is 5.31. The number of hydrogen-bond acceptors (Lipinski definition) is 2. The lowest BCUT2D eigenvalue weighted by atomic mass is 10.1. The molecule has 0 bridgehead atoms. The first-order valence-electron chi connectivity index (χ1n) is 8.19. The van der Waals surface area contributed by atoms with Crippen molar-refractivity contribution in [2.75, 3.05) is 26.3 Å². The summed E-state index contributed by atoms with van der Waals surface area (Å²) in [5.41, 5.74) is -0.493. The summed E-state index contributed by atoms with van der Waals surface area (Å²) < 4.78 is 43.1. The molecule has 1 aromatic carbocycles. The number of carbonyl (C=O) groups is 1. The molecule has 0 heterocycles. The SMILES string of the molecule is CCCCOCCCNC(=O)NCC#Cc1cccc(C(F)(F)F)c1. The van der Waals surface area contributed by atoms with Gasteiger partial charge in [0, 0.05) is 25.3 Å². The van der Waals surface area contributed by atoms with Crippen LogP contribution in [0.5, 0.6) is 0 Å². The van der Waals surface area contributed by atoms with Crippen molar-refractivity contribution in [2.24, 2.45) is 0 Å². The molecule has 1 aromatic rings. The van der Waals surface area contributed by atoms with E-state index in [1.165, 1.54) is 12.1 Å². The van der Waals surface area contributed by atoms with Crippen molar-refractivity contribution in [3.8, 4) is 11.8 Å². The molecule has 0 fully saturated rings. The molecule has 1 rings (SSSR count). The number of unbranched alkanes of at least 4 members (excludes halogenated alkanes) is 1. The van der Waals surface area contributed by atoms with Crippen LogP contribution in [0.2, 0.25) is 0 Å². The second kappa shape index (κ2) is 11.4. The highest BCUT2D eigenvalue weighted by atomic mass is 19.4. The van der Waals surface area contributed by atoms with Gasteiger partial charge in [-0.2, -0.15) is 13.2 Å². The highest BCUT2D eigenvalue weighted by Gasteiger charge is 2.30. The van der Waals surface area contributed by atoms with Crippen LogP contribution in [-0.4, -0.2) is 32.3 Å². The minimum atomic E-state index is -4.39. The van der Waals surface area contributed by atoms with E-state index in [9.17, 15) is 18.0 Å². The van der Waals surface area contributed by atoms with Crippen LogP contribution in [0, 0.1) is 11.8 Å². The smallest absolute Gasteiger partial charge is 0.381 e. The number of hydrogen-bond donors (Lipinski definition) is 2. The maximum Gasteiger partial charge on any atom is 0.416 e. The minimum Gasteiger partial charge on any atom is -0.381 e. The van der Waals surface area contributed by atoms with Gasteiger partial charge in [0.25, 0.3) is 0 Å². The Balaban J connectivity index is 2.23. The molecule has 4 nitrogen and oxygen atoms in total. The summed E-state index contributed by atoms with van der Waals surface area (Å²) in [6.45, 7) is 3.95. The average Bonchev–Trinajstić information content (AvgIpc) is 2.57. The fourth-order valence-corrected chi connectivity index (χ4v) is 1.83. The van der Waals surface area contributed by atoms with Crippen LogP contribution >= 0.6 is 0 Å². The van der Waals surface area contributed by atoms with Gasteiger partial charge in [0.15, 0.2) is 0 Å². The molecule has 0 aliphatic rings. The standard InChI is InChI=1S/C18H23F3N2O2/c1-2-3-12-25-13-6-11-23-17(24)22-10-5-8-15-7-4-9-16(14-15)18(19,20)21/h4,7,9,14H,2-3,6,10-13H2,1H3,(H2,22,23,24). The Morgan fingerprint density at radius 3 is 2.68 bits per heavy atom. The van der Waals surface area contributed by atoms with Gasteiger partial charge in [-0.3, -0.25) is 0 Å². The van der Waals surface area contributed by atoms with Crippen molar-refractivity contribution in [3.05, 3.63) is 35.4 Å². The Morgan fingerprint density at radius 1 is 1.20 bits per heavy atom. The van der Waals surface area contributed by atoms with Crippen molar-refractivity contribution in [3.63, 3.8) is 0 Å². The monoisotopic (exact) mass is 356 g/mol. The van der Waals surface area contributed by atoms with Crippen LogP contribution < -0.4 is 10.6 Å². The van der Waals surface area contributed by atoms with Crippen LogP contribution in [0.3, 0.4) is 0 Å². The van der Waals surface area contributed by atoms with E-state index in [2.05, 4.69) is 29.4 Å². The number of amides is 2. The minimum absolute atomic E-state index is 0.0507. The third-order valence-electron chi connectivity index (χ3n) is 3.15. The molecule has 7 heteroatoms. The van der Waals surface area contributed by atoms with Gasteiger partial charge in [-0.05, 0) is 31.0 Å². The number of benzene rings is 1. The van der Waals surface area contributed by atoms with Crippen molar-refractivity contribution < 1.29 is 22.7 Å². The van der Waals surface area contributed by atoms with Crippen LogP contribution in [0.25, 0.3) is 0 Å². The summed E-state index contributed by atoms with van der Waals surface area (Å²) in [5.74, 6) is 5.22. The van der Waals surface area contributed by atoms with E-state index in [1.54, 1.807) is 0 Å². The lowest BCUT2D eigenvalue weighted by molar-refractivity contribution is -0.137. The second-order valence-corrected chi connectivity index (χ2v) is 5.31. The van der Waals surface area contributed by atoms with E-state index in [1.807, 2.05) is 0 Å². The summed E-state index contributed by atoms with van der Waals surface area (Å²) in [7, 11) is 0. The summed E-state index contributed by atoms with van der Waals surface area (Å²) in [5, 5.41) is 5.18. The normalized spacial score (nSPS) is 10.7. The summed E-state index contributed by atoms with van der Waals surface area (Å²) in [4.78, 5) is 11.5. The molecule has 0 saturated carbocycles. The topological polar surface area (TPSA) is 50.4 Å². The maximum atomic E-state index is 12.6. The van der Waals surface area contributed by atoms with Crippen LogP contribution in [0.1, 0.15) is 37.3 Å². The Hall–Kier alpha value is -2.20. The molecule has 0 saturated heterocycles. The summed E-state index contributed by atoms with van der Waals surface area (Å²) >= 11 is 0. The molecule has 0 radical (unpaired) electrons. The van der Waals surface area contributed by atoms with Crippen molar-refractivity contribution in [2.45, 2.75) is 32.4 Å². The predicted octanol–water partition coefficient (Wildman–Crippen LogP) is 3.56. The molecule has 0 unspecified atom stereocenters. The molecule has 0 spiro atoms. The van der Waals surface area contributed by atoms with E-state index in [0.29, 0.717) is 19.6 Å². The third kappa shape index (κ3) is 9.62. The fraction of sp³-hybridized carbons (Fsp3) is 0.500. The first-order valence-corrected chi connectivity index (χ1v) is 8.19. The summed E-state index contributed by atoms with van der Waals surface area (Å²) in [6, 6.07) is 4.39. The number of nitrogens with one attached hydrogen (secondary N) is 2. The van der Waals surface area contributed by atoms with E-state index in [4.69, 9.17) is 4.74 Å². The largest absolute Gasteiger partial charge is 0.416 e. The zero-order valence-corrected chi connectivity index (χ0v) is 14.2. The Morgan fingerprint density at radius 2 is 1.96 bits per heavy atom. The quantitative estimate of drug-likeness (QED) is 0.553. The van der Waals surface area contributed by atoms with Crippen molar-refractivity contribution in [1.29, 1.82) is 0 Å². The molecule has 2 N–H and O–H groups in total. The molecule has 0 aliphatic heterocycles. The number of carbonyl (C=O) groups excluding carboxylic acids is 1. The van der Waals surface area contributed by atoms with E-state index >= 15 is 0 Å². The number of halogens is 3. The van der Waals surface area contributed by atoms with Gasteiger partial charge < -0.3 is 15.4 Å². The average molecular weight is 356 g/mol. The van der Waals surface area contributed by atoms with Gasteiger partial charge in [0.2, 0.25) is 0 Å². The van der Waals surface area contributed by atoms with E-state index in [0.717, 1.165) is 31.6 Å². The zero-order valence-electron chi connectivity index (χ0n) is 14.2. The lowest BCUT2D eigenvalue weighted by Gasteiger charge is -2.06. The van der Waals surface area contributed by atoms with Crippen LogP contribution in [0.15, 0.2) is 24.3 Å². The van der Waals surface area contributed by atoms with E-state index < -0.39 is 11.7 Å². The molecule has 25 heavy (non-hydrogen) atoms. The number of urea groups is 1. The maximum absolute atomic E-state index is 12.6. The fourth-order valence-electron chi connectivity index (χ4n) is 1.83. The highest BCUT2D eigenvalue weighted by molar-refractivity contribution is 5.74. The number of rotatable bonds is 8. The molecular formula is C18H23F3N2O2. The van der Waals surface area contributed by atoms with Gasteiger partial charge in [-0.15, -0.1) is 0 Å². The molecule has 0 atom stereocenters. The lowest BCUT2D eigenvalue weighted by Crippen LogP contribution is -2.36. The molecular weight excluding hydrogens is 333 g/mol. The highest BCUT2D eigenvalue weighted by Crippen LogP contribution is 2.29. The van der Waals surface area contributed by atoms with Gasteiger partial charge in [-0.25, -0.2) is 4.79 Å². The molecule has 0 aliphatic carbocycles. The molecule has 0 aromatic heterocycles. The first-order chi connectivity index (χ1) is 11.9. The van der Waals surface area contributed by atoms with Gasteiger partial charge in [0.05, 0.1) is 12.1 Å². The Kier molecular flexibility index (Phi) is 9.48. The summed E-state index contributed by atoms with van der Waals surface area (Å²) in [6.07, 6.45) is -1.57. The Bertz CT molecular complexity index is 592. The Labute approximate surface area is 146 Å². The van der Waals surface area contributed by atoms with E-state index in [-0.39, 0.29) is 18.1 Å².